The van der Waals surface area contributed by atoms with Crippen LogP contribution in [0.1, 0.15) is 70.2 Å². The molecule has 1 unspecified atom stereocenters. The van der Waals surface area contributed by atoms with Gasteiger partial charge in [0.1, 0.15) is 5.84 Å². The summed E-state index contributed by atoms with van der Waals surface area (Å²) in [6.45, 7) is 11.2. The Labute approximate surface area is 321 Å². The van der Waals surface area contributed by atoms with Crippen LogP contribution >= 0.6 is 12.6 Å². The molecule has 0 saturated carbocycles. The summed E-state index contributed by atoms with van der Waals surface area (Å²) in [4.78, 5) is 1.09. The van der Waals surface area contributed by atoms with Crippen LogP contribution in [0.2, 0.25) is 0 Å². The third-order valence-corrected chi connectivity index (χ3v) is 12.0. The summed E-state index contributed by atoms with van der Waals surface area (Å²) in [5.41, 5.74) is 27.7. The Morgan fingerprint density at radius 2 is 1.17 bits per heavy atom. The molecular weight excluding hydrogens is 661 g/mol. The average molecular weight is 709 g/mol. The predicted octanol–water partition coefficient (Wildman–Crippen LogP) is 13.0. The van der Waals surface area contributed by atoms with E-state index in [4.69, 9.17) is 23.8 Å². The number of rotatable bonds is 6. The molecule has 0 amide bonds. The molecule has 0 aromatic heterocycles. The molecule has 0 bridgehead atoms. The van der Waals surface area contributed by atoms with E-state index in [1.165, 1.54) is 89.9 Å². The number of nitrogens with one attached hydrogen (secondary N) is 1. The number of benzene rings is 6. The highest BCUT2D eigenvalue weighted by Crippen LogP contribution is 2.48. The van der Waals surface area contributed by atoms with Gasteiger partial charge in [-0.05, 0) is 136 Å². The second-order valence-electron chi connectivity index (χ2n) is 14.5. The van der Waals surface area contributed by atoms with Crippen LogP contribution in [-0.2, 0) is 6.42 Å². The highest BCUT2D eigenvalue weighted by atomic mass is 32.1. The minimum absolute atomic E-state index is 0.121. The fraction of sp³-hybridized carbons (Fsp3) is 0.180. The lowest BCUT2D eigenvalue weighted by molar-refractivity contribution is 0.863. The zero-order valence-corrected chi connectivity index (χ0v) is 32.3. The zero-order valence-electron chi connectivity index (χ0n) is 31.4. The van der Waals surface area contributed by atoms with Crippen LogP contribution in [0.3, 0.4) is 0 Å². The van der Waals surface area contributed by atoms with E-state index in [1.807, 2.05) is 30.3 Å². The fourth-order valence-electron chi connectivity index (χ4n) is 7.99. The first-order valence-electron chi connectivity index (χ1n) is 18.6. The van der Waals surface area contributed by atoms with Crippen molar-refractivity contribution in [2.45, 2.75) is 64.7 Å². The fourth-order valence-corrected chi connectivity index (χ4v) is 8.46. The lowest BCUT2D eigenvalue weighted by atomic mass is 9.80. The van der Waals surface area contributed by atoms with Crippen molar-refractivity contribution in [1.29, 1.82) is 5.41 Å². The van der Waals surface area contributed by atoms with Crippen molar-refractivity contribution in [3.8, 4) is 33.4 Å². The standard InChI is InChI=1S/C43H40S.C7H8N2/c1-26-27(2)29(4)43(44)41(28(26)3)35-20-18-33(19-21-35)32-14-16-34(17-15-32)36-22-23-37-24-38-12-9-13-39(42(38)40(37)25-36)30(5)31-10-7-6-8-11-31;8-7(9)6-4-2-1-3-5-6/h6-8,10-11,13-23,25,30,44H,9,12,24H2,1-5H3;1-5H,(H3,8,9). The van der Waals surface area contributed by atoms with Crippen LogP contribution in [0, 0.1) is 33.1 Å². The molecule has 0 aliphatic heterocycles. The van der Waals surface area contributed by atoms with Gasteiger partial charge in [0.2, 0.25) is 0 Å². The van der Waals surface area contributed by atoms with Gasteiger partial charge in [-0.1, -0.05) is 140 Å². The summed E-state index contributed by atoms with van der Waals surface area (Å²) in [6.07, 6.45) is 5.91. The minimum atomic E-state index is 0.121. The molecule has 2 aliphatic carbocycles. The molecule has 264 valence electrons. The molecule has 53 heavy (non-hydrogen) atoms. The molecule has 0 heterocycles. The molecule has 0 saturated heterocycles. The maximum Gasteiger partial charge on any atom is 0.122 e. The minimum Gasteiger partial charge on any atom is -0.384 e. The van der Waals surface area contributed by atoms with Crippen molar-refractivity contribution in [2.24, 2.45) is 5.73 Å². The van der Waals surface area contributed by atoms with Gasteiger partial charge >= 0.3 is 0 Å². The average Bonchev–Trinajstić information content (AvgIpc) is 3.59. The second-order valence-corrected chi connectivity index (χ2v) is 15.0. The molecular formula is C50H48N2S. The predicted molar refractivity (Wildman–Crippen MR) is 229 cm³/mol. The molecule has 1 atom stereocenters. The highest BCUT2D eigenvalue weighted by molar-refractivity contribution is 7.80. The summed E-state index contributed by atoms with van der Waals surface area (Å²) < 4.78 is 0. The van der Waals surface area contributed by atoms with Crippen molar-refractivity contribution >= 4 is 24.0 Å². The van der Waals surface area contributed by atoms with Crippen molar-refractivity contribution < 1.29 is 0 Å². The van der Waals surface area contributed by atoms with E-state index < -0.39 is 0 Å². The molecule has 0 fully saturated rings. The number of hydrogen-bond acceptors (Lipinski definition) is 2. The van der Waals surface area contributed by atoms with E-state index in [0.29, 0.717) is 5.92 Å². The largest absolute Gasteiger partial charge is 0.384 e. The number of fused-ring (bicyclic) bond motifs is 2. The summed E-state index contributed by atoms with van der Waals surface area (Å²) in [5.74, 6) is 0.514. The van der Waals surface area contributed by atoms with E-state index in [1.54, 1.807) is 5.57 Å². The molecule has 2 nitrogen and oxygen atoms in total. The summed E-state index contributed by atoms with van der Waals surface area (Å²) in [7, 11) is 0. The Hall–Kier alpha value is -5.38. The van der Waals surface area contributed by atoms with Gasteiger partial charge in [-0.3, -0.25) is 5.41 Å². The Morgan fingerprint density at radius 3 is 1.75 bits per heavy atom. The Balaban J connectivity index is 0.000000425. The lowest BCUT2D eigenvalue weighted by Crippen LogP contribution is -2.10. The van der Waals surface area contributed by atoms with Crippen molar-refractivity contribution in [2.75, 3.05) is 0 Å². The van der Waals surface area contributed by atoms with E-state index in [-0.39, 0.29) is 5.84 Å². The van der Waals surface area contributed by atoms with Crippen molar-refractivity contribution in [3.05, 3.63) is 189 Å². The number of amidine groups is 1. The smallest absolute Gasteiger partial charge is 0.122 e. The third-order valence-electron chi connectivity index (χ3n) is 11.5. The molecule has 3 N–H and O–H groups in total. The van der Waals surface area contributed by atoms with Gasteiger partial charge in [-0.2, -0.15) is 0 Å². The van der Waals surface area contributed by atoms with Crippen LogP contribution < -0.4 is 5.73 Å². The second kappa shape index (κ2) is 15.3. The van der Waals surface area contributed by atoms with E-state index >= 15 is 0 Å². The molecule has 0 radical (unpaired) electrons. The first-order chi connectivity index (χ1) is 25.6. The monoisotopic (exact) mass is 708 g/mol. The van der Waals surface area contributed by atoms with Crippen LogP contribution in [0.4, 0.5) is 0 Å². The van der Waals surface area contributed by atoms with Gasteiger partial charge in [0.05, 0.1) is 0 Å². The number of hydrogen-bond donors (Lipinski definition) is 3. The molecule has 6 aromatic rings. The summed E-state index contributed by atoms with van der Waals surface area (Å²) >= 11 is 4.93. The number of nitrogen functional groups attached to an aromatic ring is 1. The zero-order chi connectivity index (χ0) is 37.2. The molecule has 2 aliphatic rings. The topological polar surface area (TPSA) is 49.9 Å². The van der Waals surface area contributed by atoms with Crippen LogP contribution in [-0.4, -0.2) is 5.84 Å². The van der Waals surface area contributed by atoms with Gasteiger partial charge in [0, 0.05) is 16.4 Å². The summed E-state index contributed by atoms with van der Waals surface area (Å²) in [6, 6.07) is 45.4. The number of thiol groups is 1. The summed E-state index contributed by atoms with van der Waals surface area (Å²) in [5, 5.41) is 7.01. The van der Waals surface area contributed by atoms with Crippen LogP contribution in [0.5, 0.6) is 0 Å². The number of nitrogens with two attached hydrogens (primary N) is 1. The van der Waals surface area contributed by atoms with Gasteiger partial charge in [-0.15, -0.1) is 12.6 Å². The SMILES string of the molecule is Cc1c(C)c(C)c(-c2ccc(-c3ccc(-c4ccc5c(c4)C4=C(CCC=C4C(C)c4ccccc4)C5)cc3)cc2)c(S)c1C.N=C(N)c1ccccc1. The van der Waals surface area contributed by atoms with E-state index in [2.05, 4.69) is 138 Å². The Bertz CT molecular complexity index is 2340. The van der Waals surface area contributed by atoms with Crippen molar-refractivity contribution in [1.82, 2.24) is 0 Å². The Kier molecular flexibility index (Phi) is 10.4. The maximum absolute atomic E-state index is 7.01. The van der Waals surface area contributed by atoms with Crippen LogP contribution in [0.15, 0.2) is 150 Å². The first kappa shape index (κ1) is 36.0. The van der Waals surface area contributed by atoms with Gasteiger partial charge in [0.15, 0.2) is 0 Å². The lowest BCUT2D eigenvalue weighted by Gasteiger charge is -2.24. The maximum atomic E-state index is 7.01. The highest BCUT2D eigenvalue weighted by Gasteiger charge is 2.29. The third kappa shape index (κ3) is 7.19. The van der Waals surface area contributed by atoms with Crippen molar-refractivity contribution in [3.63, 3.8) is 0 Å². The van der Waals surface area contributed by atoms with E-state index in [9.17, 15) is 0 Å². The quantitative estimate of drug-likeness (QED) is 0.0900. The molecule has 6 aromatic carbocycles. The van der Waals surface area contributed by atoms with Gasteiger partial charge < -0.3 is 5.73 Å². The van der Waals surface area contributed by atoms with Gasteiger partial charge in [-0.25, -0.2) is 0 Å². The first-order valence-corrected chi connectivity index (χ1v) is 19.1. The van der Waals surface area contributed by atoms with E-state index in [0.717, 1.165) is 23.3 Å². The normalized spacial score (nSPS) is 13.7. The van der Waals surface area contributed by atoms with Crippen LogP contribution in [0.25, 0.3) is 39.0 Å². The Morgan fingerprint density at radius 1 is 0.642 bits per heavy atom. The number of allylic oxidation sites excluding steroid dienone is 4. The molecule has 0 spiro atoms. The molecule has 8 rings (SSSR count). The van der Waals surface area contributed by atoms with Gasteiger partial charge in [0.25, 0.3) is 0 Å². The molecule has 3 heteroatoms.